The normalized spacial score (nSPS) is 20.3. The summed E-state index contributed by atoms with van der Waals surface area (Å²) in [4.78, 5) is 16.4. The Kier molecular flexibility index (Phi) is 7.34. The van der Waals surface area contributed by atoms with Gasteiger partial charge in [-0.2, -0.15) is 0 Å². The van der Waals surface area contributed by atoms with Gasteiger partial charge in [-0.05, 0) is 19.8 Å². The van der Waals surface area contributed by atoms with Crippen LogP contribution >= 0.6 is 0 Å². The van der Waals surface area contributed by atoms with Crippen LogP contribution in [-0.2, 0) is 9.53 Å². The van der Waals surface area contributed by atoms with Crippen LogP contribution in [0, 0.1) is 0 Å². The first-order valence-electron chi connectivity index (χ1n) is 7.37. The van der Waals surface area contributed by atoms with E-state index in [1.807, 2.05) is 11.8 Å². The van der Waals surface area contributed by atoms with Crippen LogP contribution in [0.5, 0.6) is 0 Å². The number of ether oxygens (including phenoxy) is 1. The molecule has 1 aliphatic heterocycles. The second-order valence-corrected chi connectivity index (χ2v) is 5.30. The fourth-order valence-electron chi connectivity index (χ4n) is 2.51. The lowest BCUT2D eigenvalue weighted by atomic mass is 10.1. The average Bonchev–Trinajstić information content (AvgIpc) is 2.46. The molecule has 2 N–H and O–H groups in total. The van der Waals surface area contributed by atoms with Crippen LogP contribution in [0.4, 0.5) is 0 Å². The van der Waals surface area contributed by atoms with E-state index in [1.165, 1.54) is 0 Å². The van der Waals surface area contributed by atoms with E-state index in [9.17, 15) is 4.79 Å². The van der Waals surface area contributed by atoms with Gasteiger partial charge in [0.1, 0.15) is 0 Å². The molecule has 2 atom stereocenters. The van der Waals surface area contributed by atoms with Gasteiger partial charge >= 0.3 is 0 Å². The van der Waals surface area contributed by atoms with Crippen molar-refractivity contribution < 1.29 is 9.53 Å². The number of nitrogens with zero attached hydrogens (tertiary/aromatic N) is 2. The van der Waals surface area contributed by atoms with Crippen molar-refractivity contribution in [1.29, 1.82) is 0 Å². The lowest BCUT2D eigenvalue weighted by molar-refractivity contribution is -0.133. The summed E-state index contributed by atoms with van der Waals surface area (Å²) >= 11 is 0. The Labute approximate surface area is 117 Å². The summed E-state index contributed by atoms with van der Waals surface area (Å²) in [5, 5.41) is 0. The molecular formula is C14H29N3O2. The van der Waals surface area contributed by atoms with E-state index in [4.69, 9.17) is 10.5 Å². The minimum atomic E-state index is 0.159. The summed E-state index contributed by atoms with van der Waals surface area (Å²) < 4.78 is 5.17. The fourth-order valence-corrected chi connectivity index (χ4v) is 2.51. The van der Waals surface area contributed by atoms with Crippen LogP contribution in [-0.4, -0.2) is 67.7 Å². The van der Waals surface area contributed by atoms with Crippen molar-refractivity contribution in [3.05, 3.63) is 0 Å². The van der Waals surface area contributed by atoms with Crippen LogP contribution in [0.3, 0.4) is 0 Å². The van der Waals surface area contributed by atoms with Gasteiger partial charge < -0.3 is 15.4 Å². The van der Waals surface area contributed by atoms with E-state index in [2.05, 4.69) is 11.8 Å². The zero-order valence-electron chi connectivity index (χ0n) is 12.6. The van der Waals surface area contributed by atoms with Crippen molar-refractivity contribution in [1.82, 2.24) is 9.80 Å². The molecular weight excluding hydrogens is 242 g/mol. The first-order valence-corrected chi connectivity index (χ1v) is 7.37. The Bertz CT molecular complexity index is 261. The van der Waals surface area contributed by atoms with Gasteiger partial charge in [0.05, 0.1) is 6.10 Å². The van der Waals surface area contributed by atoms with E-state index in [0.29, 0.717) is 19.0 Å². The van der Waals surface area contributed by atoms with Crippen LogP contribution in [0.25, 0.3) is 0 Å². The molecule has 1 rings (SSSR count). The molecule has 1 saturated heterocycles. The van der Waals surface area contributed by atoms with Crippen molar-refractivity contribution >= 4 is 5.91 Å². The predicted molar refractivity (Wildman–Crippen MR) is 77.0 cm³/mol. The van der Waals surface area contributed by atoms with Crippen molar-refractivity contribution in [2.24, 2.45) is 5.73 Å². The number of nitrogens with two attached hydrogens (primary N) is 1. The summed E-state index contributed by atoms with van der Waals surface area (Å²) in [6.45, 7) is 8.42. The highest BCUT2D eigenvalue weighted by Crippen LogP contribution is 2.11. The van der Waals surface area contributed by atoms with Crippen molar-refractivity contribution in [3.8, 4) is 0 Å². The molecule has 1 heterocycles. The van der Waals surface area contributed by atoms with E-state index in [0.717, 1.165) is 39.0 Å². The maximum atomic E-state index is 12.1. The van der Waals surface area contributed by atoms with Crippen molar-refractivity contribution in [2.45, 2.75) is 45.3 Å². The second-order valence-electron chi connectivity index (χ2n) is 5.30. The molecule has 5 nitrogen and oxygen atoms in total. The van der Waals surface area contributed by atoms with Gasteiger partial charge in [0.15, 0.2) is 0 Å². The summed E-state index contributed by atoms with van der Waals surface area (Å²) in [5.41, 5.74) is 5.77. The standard InChI is InChI=1S/C14H29N3O2/c1-4-13(11-15)16-7-9-17(10-8-16)14(18)6-5-12(2)19-3/h12-13H,4-11,15H2,1-3H3. The number of carbonyl (C=O) groups excluding carboxylic acids is 1. The fraction of sp³-hybridized carbons (Fsp3) is 0.929. The molecule has 112 valence electrons. The van der Waals surface area contributed by atoms with E-state index < -0.39 is 0 Å². The molecule has 2 unspecified atom stereocenters. The van der Waals surface area contributed by atoms with Crippen molar-refractivity contribution in [3.63, 3.8) is 0 Å². The first kappa shape index (κ1) is 16.4. The second kappa shape index (κ2) is 8.51. The maximum Gasteiger partial charge on any atom is 0.222 e. The van der Waals surface area contributed by atoms with Crippen LogP contribution < -0.4 is 5.73 Å². The topological polar surface area (TPSA) is 58.8 Å². The third-order valence-electron chi connectivity index (χ3n) is 4.09. The Morgan fingerprint density at radius 1 is 1.32 bits per heavy atom. The molecule has 5 heteroatoms. The van der Waals surface area contributed by atoms with Gasteiger partial charge in [0.2, 0.25) is 5.91 Å². The van der Waals surface area contributed by atoms with Crippen molar-refractivity contribution in [2.75, 3.05) is 39.8 Å². The summed E-state index contributed by atoms with van der Waals surface area (Å²) in [5.74, 6) is 0.254. The molecule has 0 radical (unpaired) electrons. The van der Waals surface area contributed by atoms with Crippen LogP contribution in [0.2, 0.25) is 0 Å². The number of methoxy groups -OCH3 is 1. The highest BCUT2D eigenvalue weighted by Gasteiger charge is 2.24. The number of amides is 1. The molecule has 0 aromatic rings. The lowest BCUT2D eigenvalue weighted by Crippen LogP contribution is -2.53. The first-order chi connectivity index (χ1) is 9.12. The molecule has 0 aliphatic carbocycles. The van der Waals surface area contributed by atoms with E-state index >= 15 is 0 Å². The summed E-state index contributed by atoms with van der Waals surface area (Å²) in [6.07, 6.45) is 2.63. The molecule has 0 aromatic carbocycles. The molecule has 1 aliphatic rings. The maximum absolute atomic E-state index is 12.1. The number of piperazine rings is 1. The predicted octanol–water partition coefficient (Wildman–Crippen LogP) is 0.683. The molecule has 0 saturated carbocycles. The largest absolute Gasteiger partial charge is 0.382 e. The zero-order chi connectivity index (χ0) is 14.3. The molecule has 19 heavy (non-hydrogen) atoms. The van der Waals surface area contributed by atoms with Gasteiger partial charge in [-0.25, -0.2) is 0 Å². The third-order valence-corrected chi connectivity index (χ3v) is 4.09. The van der Waals surface area contributed by atoms with E-state index in [1.54, 1.807) is 7.11 Å². The minimum absolute atomic E-state index is 0.159. The molecule has 0 spiro atoms. The quantitative estimate of drug-likeness (QED) is 0.740. The Morgan fingerprint density at radius 3 is 2.42 bits per heavy atom. The Hall–Kier alpha value is -0.650. The van der Waals surface area contributed by atoms with Gasteiger partial charge in [-0.1, -0.05) is 6.92 Å². The van der Waals surface area contributed by atoms with Crippen LogP contribution in [0.1, 0.15) is 33.1 Å². The van der Waals surface area contributed by atoms with Gasteiger partial charge in [0.25, 0.3) is 0 Å². The zero-order valence-corrected chi connectivity index (χ0v) is 12.6. The highest BCUT2D eigenvalue weighted by molar-refractivity contribution is 5.76. The summed E-state index contributed by atoms with van der Waals surface area (Å²) in [6, 6.07) is 0.464. The van der Waals surface area contributed by atoms with Gasteiger partial charge in [0, 0.05) is 52.3 Å². The number of rotatable bonds is 7. The third kappa shape index (κ3) is 5.09. The lowest BCUT2D eigenvalue weighted by Gasteiger charge is -2.38. The average molecular weight is 271 g/mol. The smallest absolute Gasteiger partial charge is 0.222 e. The Balaban J connectivity index is 2.30. The van der Waals surface area contributed by atoms with Gasteiger partial charge in [-0.3, -0.25) is 9.69 Å². The SMILES string of the molecule is CCC(CN)N1CCN(C(=O)CCC(C)OC)CC1. The number of hydrogen-bond acceptors (Lipinski definition) is 4. The minimum Gasteiger partial charge on any atom is -0.382 e. The highest BCUT2D eigenvalue weighted by atomic mass is 16.5. The molecule has 1 fully saturated rings. The monoisotopic (exact) mass is 271 g/mol. The summed E-state index contributed by atoms with van der Waals surface area (Å²) in [7, 11) is 1.69. The number of hydrogen-bond donors (Lipinski definition) is 1. The molecule has 1 amide bonds. The number of carbonyl (C=O) groups is 1. The van der Waals surface area contributed by atoms with Crippen LogP contribution in [0.15, 0.2) is 0 Å². The molecule has 0 bridgehead atoms. The van der Waals surface area contributed by atoms with Gasteiger partial charge in [-0.15, -0.1) is 0 Å². The molecule has 0 aromatic heterocycles. The van der Waals surface area contributed by atoms with E-state index in [-0.39, 0.29) is 12.0 Å². The Morgan fingerprint density at radius 2 is 1.95 bits per heavy atom.